The van der Waals surface area contributed by atoms with Crippen molar-refractivity contribution in [2.45, 2.75) is 31.7 Å². The second-order valence-electron chi connectivity index (χ2n) is 10.8. The standard InChI is InChI=1S/C35H36O2P2/c1-35(2)36-24-23-31-32(26-38(27-15-7-3-8-16-27)28-17-9-4-10-18-28)34(25-33(31)37-35)39(29-19-11-5-12-20-29)30-21-13-6-14-22-30/h3-22,25,31-32,34H,23-24,26H2,1-2H3. The summed E-state index contributed by atoms with van der Waals surface area (Å²) in [6, 6.07) is 44.6. The van der Waals surface area contributed by atoms with Crippen molar-refractivity contribution in [3.63, 3.8) is 0 Å². The fourth-order valence-corrected chi connectivity index (χ4v) is 11.9. The van der Waals surface area contributed by atoms with Crippen molar-refractivity contribution in [1.82, 2.24) is 0 Å². The summed E-state index contributed by atoms with van der Waals surface area (Å²) in [6.07, 6.45) is 4.62. The van der Waals surface area contributed by atoms with Gasteiger partial charge in [-0.15, -0.1) is 0 Å². The Bertz CT molecular complexity index is 1290. The predicted octanol–water partition coefficient (Wildman–Crippen LogP) is 6.92. The second-order valence-corrected chi connectivity index (χ2v) is 15.4. The van der Waals surface area contributed by atoms with E-state index in [-0.39, 0.29) is 0 Å². The van der Waals surface area contributed by atoms with Gasteiger partial charge in [-0.05, 0) is 61.6 Å². The van der Waals surface area contributed by atoms with Crippen LogP contribution in [0.5, 0.6) is 0 Å². The van der Waals surface area contributed by atoms with Gasteiger partial charge in [0.15, 0.2) is 0 Å². The van der Waals surface area contributed by atoms with E-state index < -0.39 is 21.6 Å². The molecule has 0 radical (unpaired) electrons. The number of allylic oxidation sites excluding steroid dienone is 2. The molecule has 3 atom stereocenters. The lowest BCUT2D eigenvalue weighted by atomic mass is 9.93. The second kappa shape index (κ2) is 11.8. The zero-order valence-corrected chi connectivity index (χ0v) is 24.5. The van der Waals surface area contributed by atoms with Crippen LogP contribution in [0.25, 0.3) is 0 Å². The summed E-state index contributed by atoms with van der Waals surface area (Å²) in [5.41, 5.74) is 0.385. The van der Waals surface area contributed by atoms with Crippen LogP contribution in [-0.4, -0.2) is 24.2 Å². The van der Waals surface area contributed by atoms with Gasteiger partial charge in [0.2, 0.25) is 5.79 Å². The molecule has 0 saturated carbocycles. The molecule has 1 aliphatic carbocycles. The molecule has 2 aliphatic rings. The van der Waals surface area contributed by atoms with Crippen LogP contribution in [0, 0.1) is 11.8 Å². The summed E-state index contributed by atoms with van der Waals surface area (Å²) < 4.78 is 12.8. The molecule has 2 nitrogen and oxygen atoms in total. The highest BCUT2D eigenvalue weighted by Crippen LogP contribution is 2.56. The number of benzene rings is 4. The van der Waals surface area contributed by atoms with Gasteiger partial charge in [0, 0.05) is 25.4 Å². The molecule has 0 amide bonds. The topological polar surface area (TPSA) is 18.5 Å². The van der Waals surface area contributed by atoms with E-state index in [1.807, 2.05) is 0 Å². The number of rotatable bonds is 7. The average Bonchev–Trinajstić information content (AvgIpc) is 3.19. The highest BCUT2D eigenvalue weighted by molar-refractivity contribution is 7.74. The Labute approximate surface area is 235 Å². The van der Waals surface area contributed by atoms with Crippen molar-refractivity contribution in [2.75, 3.05) is 12.8 Å². The van der Waals surface area contributed by atoms with Crippen molar-refractivity contribution in [2.24, 2.45) is 11.8 Å². The first kappa shape index (κ1) is 26.5. The van der Waals surface area contributed by atoms with Crippen LogP contribution < -0.4 is 21.2 Å². The number of fused-ring (bicyclic) bond motifs is 1. The maximum absolute atomic E-state index is 6.65. The van der Waals surface area contributed by atoms with E-state index in [1.54, 1.807) is 0 Å². The van der Waals surface area contributed by atoms with Crippen molar-refractivity contribution < 1.29 is 9.47 Å². The maximum atomic E-state index is 6.65. The molecule has 0 bridgehead atoms. The molecule has 198 valence electrons. The van der Waals surface area contributed by atoms with E-state index in [9.17, 15) is 0 Å². The molecule has 4 heteroatoms. The Kier molecular flexibility index (Phi) is 7.99. The summed E-state index contributed by atoms with van der Waals surface area (Å²) in [4.78, 5) is 0. The number of hydrogen-bond donors (Lipinski definition) is 0. The monoisotopic (exact) mass is 550 g/mol. The van der Waals surface area contributed by atoms with Gasteiger partial charge in [0.1, 0.15) is 0 Å². The molecule has 3 unspecified atom stereocenters. The molecule has 1 fully saturated rings. The van der Waals surface area contributed by atoms with E-state index in [4.69, 9.17) is 9.47 Å². The van der Waals surface area contributed by atoms with Gasteiger partial charge in [0.05, 0.1) is 12.4 Å². The summed E-state index contributed by atoms with van der Waals surface area (Å²) in [6.45, 7) is 4.83. The molecular formula is C35H36O2P2. The van der Waals surface area contributed by atoms with Crippen molar-refractivity contribution in [1.29, 1.82) is 0 Å². The van der Waals surface area contributed by atoms with Gasteiger partial charge in [-0.25, -0.2) is 0 Å². The molecule has 1 saturated heterocycles. The molecule has 6 rings (SSSR count). The first-order chi connectivity index (χ1) is 19.1. The van der Waals surface area contributed by atoms with Crippen LogP contribution in [0.3, 0.4) is 0 Å². The first-order valence-corrected chi connectivity index (χ1v) is 16.8. The SMILES string of the molecule is CC1(C)OCCC2C(=CC(P(c3ccccc3)c3ccccc3)C2CP(c2ccccc2)c2ccccc2)O1. The van der Waals surface area contributed by atoms with Crippen LogP contribution >= 0.6 is 15.8 Å². The zero-order valence-electron chi connectivity index (χ0n) is 22.7. The Morgan fingerprint density at radius 3 is 1.62 bits per heavy atom. The minimum atomic E-state index is -0.623. The normalized spacial score (nSPS) is 22.2. The smallest absolute Gasteiger partial charge is 0.204 e. The molecule has 4 aromatic rings. The molecule has 0 aromatic heterocycles. The molecule has 39 heavy (non-hydrogen) atoms. The Hall–Kier alpha value is -2.76. The fraction of sp³-hybridized carbons (Fsp3) is 0.257. The lowest BCUT2D eigenvalue weighted by Crippen LogP contribution is -2.32. The third kappa shape index (κ3) is 5.90. The largest absolute Gasteiger partial charge is 0.467 e. The van der Waals surface area contributed by atoms with Gasteiger partial charge < -0.3 is 9.47 Å². The van der Waals surface area contributed by atoms with Crippen molar-refractivity contribution in [3.8, 4) is 0 Å². The molecular weight excluding hydrogens is 514 g/mol. The van der Waals surface area contributed by atoms with Gasteiger partial charge >= 0.3 is 0 Å². The molecule has 0 N–H and O–H groups in total. The van der Waals surface area contributed by atoms with E-state index in [0.717, 1.165) is 24.9 Å². The minimum Gasteiger partial charge on any atom is -0.467 e. The van der Waals surface area contributed by atoms with Gasteiger partial charge in [0.25, 0.3) is 0 Å². The average molecular weight is 551 g/mol. The van der Waals surface area contributed by atoms with Crippen molar-refractivity contribution in [3.05, 3.63) is 133 Å². The summed E-state index contributed by atoms with van der Waals surface area (Å²) >= 11 is 0. The van der Waals surface area contributed by atoms with Gasteiger partial charge in [-0.3, -0.25) is 0 Å². The molecule has 4 aromatic carbocycles. The van der Waals surface area contributed by atoms with Crippen molar-refractivity contribution >= 4 is 37.1 Å². The molecule has 1 heterocycles. The summed E-state index contributed by atoms with van der Waals surface area (Å²) in [5, 5.41) is 5.75. The Morgan fingerprint density at radius 1 is 0.667 bits per heavy atom. The summed E-state index contributed by atoms with van der Waals surface area (Å²) in [5.74, 6) is 1.34. The van der Waals surface area contributed by atoms with E-state index >= 15 is 0 Å². The third-order valence-electron chi connectivity index (χ3n) is 7.79. The Morgan fingerprint density at radius 2 is 1.13 bits per heavy atom. The van der Waals surface area contributed by atoms with Crippen LogP contribution in [0.15, 0.2) is 133 Å². The maximum Gasteiger partial charge on any atom is 0.204 e. The summed E-state index contributed by atoms with van der Waals surface area (Å²) in [7, 11) is -1.16. The van der Waals surface area contributed by atoms with Crippen LogP contribution in [-0.2, 0) is 9.47 Å². The first-order valence-electron chi connectivity index (χ1n) is 13.9. The van der Waals surface area contributed by atoms with Crippen LogP contribution in [0.1, 0.15) is 20.3 Å². The highest BCUT2D eigenvalue weighted by atomic mass is 31.1. The lowest BCUT2D eigenvalue weighted by Gasteiger charge is -2.34. The third-order valence-corrected chi connectivity index (χ3v) is 13.3. The van der Waals surface area contributed by atoms with Crippen LogP contribution in [0.2, 0.25) is 0 Å². The highest BCUT2D eigenvalue weighted by Gasteiger charge is 2.46. The fourth-order valence-electron chi connectivity index (χ4n) is 6.03. The Balaban J connectivity index is 1.47. The van der Waals surface area contributed by atoms with E-state index in [0.29, 0.717) is 17.5 Å². The van der Waals surface area contributed by atoms with E-state index in [2.05, 4.69) is 141 Å². The predicted molar refractivity (Wildman–Crippen MR) is 168 cm³/mol. The molecule has 0 spiro atoms. The minimum absolute atomic E-state index is 0.353. The molecule has 1 aliphatic heterocycles. The number of hydrogen-bond acceptors (Lipinski definition) is 2. The van der Waals surface area contributed by atoms with Gasteiger partial charge in [-0.2, -0.15) is 0 Å². The lowest BCUT2D eigenvalue weighted by molar-refractivity contribution is -0.180. The number of ether oxygens (including phenoxy) is 2. The van der Waals surface area contributed by atoms with Gasteiger partial charge in [-0.1, -0.05) is 121 Å². The quantitative estimate of drug-likeness (QED) is 0.233. The zero-order chi connectivity index (χ0) is 26.7. The van der Waals surface area contributed by atoms with Crippen LogP contribution in [0.4, 0.5) is 0 Å². The van der Waals surface area contributed by atoms with E-state index in [1.165, 1.54) is 21.2 Å².